The Kier molecular flexibility index (Phi) is 4.34. The van der Waals surface area contributed by atoms with Gasteiger partial charge in [0.05, 0.1) is 4.70 Å². The minimum atomic E-state index is 0.646. The second-order valence-corrected chi connectivity index (χ2v) is 8.55. The SMILES string of the molecule is CCN1C[C@@H]2C[C@H]1CN2Cc1ccc(Oc2nc3nc(C)ccc3s2)cc1. The van der Waals surface area contributed by atoms with Gasteiger partial charge in [0.1, 0.15) is 5.75 Å². The summed E-state index contributed by atoms with van der Waals surface area (Å²) in [7, 11) is 0. The molecular formula is C21H24N4OS. The molecule has 2 saturated heterocycles. The van der Waals surface area contributed by atoms with Gasteiger partial charge < -0.3 is 4.74 Å². The number of rotatable bonds is 5. The molecule has 5 nitrogen and oxygen atoms in total. The zero-order chi connectivity index (χ0) is 18.4. The van der Waals surface area contributed by atoms with E-state index in [9.17, 15) is 0 Å². The first-order valence-electron chi connectivity index (χ1n) is 9.67. The fourth-order valence-electron chi connectivity index (χ4n) is 4.35. The standard InChI is InChI=1S/C21H24N4OS/c1-3-24-12-17-10-16(24)13-25(17)11-15-5-7-18(8-6-15)26-21-23-20-19(27-21)9-4-14(2)22-20/h4-9,16-17H,3,10-13H2,1-2H3/t16-,17-/m0/s1. The molecule has 0 unspecified atom stereocenters. The van der Waals surface area contributed by atoms with Crippen molar-refractivity contribution in [3.05, 3.63) is 47.7 Å². The van der Waals surface area contributed by atoms with Gasteiger partial charge in [0.15, 0.2) is 5.65 Å². The van der Waals surface area contributed by atoms with Gasteiger partial charge in [-0.1, -0.05) is 30.4 Å². The predicted octanol–water partition coefficient (Wildman–Crippen LogP) is 4.07. The normalized spacial score (nSPS) is 22.7. The quantitative estimate of drug-likeness (QED) is 0.667. The Hall–Kier alpha value is -2.02. The van der Waals surface area contributed by atoms with Gasteiger partial charge in [0.25, 0.3) is 5.19 Å². The first-order chi connectivity index (χ1) is 13.2. The second-order valence-electron chi connectivity index (χ2n) is 7.56. The topological polar surface area (TPSA) is 41.5 Å². The molecule has 1 aromatic carbocycles. The summed E-state index contributed by atoms with van der Waals surface area (Å²) >= 11 is 1.53. The summed E-state index contributed by atoms with van der Waals surface area (Å²) in [5.74, 6) is 0.828. The van der Waals surface area contributed by atoms with Gasteiger partial charge >= 0.3 is 0 Å². The second kappa shape index (κ2) is 6.86. The van der Waals surface area contributed by atoms with Crippen LogP contribution in [0.15, 0.2) is 36.4 Å². The Bertz CT molecular complexity index is 954. The summed E-state index contributed by atoms with van der Waals surface area (Å²) in [6, 6.07) is 14.0. The highest BCUT2D eigenvalue weighted by Crippen LogP contribution is 2.33. The van der Waals surface area contributed by atoms with Crippen molar-refractivity contribution in [2.24, 2.45) is 0 Å². The lowest BCUT2D eigenvalue weighted by Crippen LogP contribution is -2.45. The molecule has 0 saturated carbocycles. The molecule has 27 heavy (non-hydrogen) atoms. The maximum atomic E-state index is 5.95. The average Bonchev–Trinajstić information content (AvgIpc) is 3.36. The van der Waals surface area contributed by atoms with Gasteiger partial charge in [-0.05, 0) is 49.7 Å². The van der Waals surface area contributed by atoms with E-state index in [1.165, 1.54) is 43.0 Å². The Labute approximate surface area is 163 Å². The van der Waals surface area contributed by atoms with Crippen molar-refractivity contribution < 1.29 is 4.74 Å². The molecule has 6 heteroatoms. The van der Waals surface area contributed by atoms with Crippen LogP contribution in [-0.2, 0) is 6.54 Å². The molecule has 2 fully saturated rings. The molecule has 0 amide bonds. The van der Waals surface area contributed by atoms with Crippen LogP contribution >= 0.6 is 11.3 Å². The number of nitrogens with zero attached hydrogens (tertiary/aromatic N) is 4. The summed E-state index contributed by atoms with van der Waals surface area (Å²) < 4.78 is 7.01. The molecule has 0 radical (unpaired) electrons. The highest BCUT2D eigenvalue weighted by Gasteiger charge is 2.41. The Morgan fingerprint density at radius 3 is 2.56 bits per heavy atom. The molecule has 5 rings (SSSR count). The van der Waals surface area contributed by atoms with Crippen LogP contribution < -0.4 is 4.74 Å². The summed E-state index contributed by atoms with van der Waals surface area (Å²) in [5, 5.41) is 0.646. The Balaban J connectivity index is 1.24. The van der Waals surface area contributed by atoms with Gasteiger partial charge in [0.2, 0.25) is 0 Å². The van der Waals surface area contributed by atoms with Crippen LogP contribution in [0.25, 0.3) is 10.3 Å². The van der Waals surface area contributed by atoms with Crippen molar-refractivity contribution >= 4 is 21.7 Å². The van der Waals surface area contributed by atoms with E-state index in [0.29, 0.717) is 5.19 Å². The third-order valence-electron chi connectivity index (χ3n) is 5.76. The van der Waals surface area contributed by atoms with E-state index >= 15 is 0 Å². The number of aryl methyl sites for hydroxylation is 1. The summed E-state index contributed by atoms with van der Waals surface area (Å²) in [5.41, 5.74) is 3.08. The number of benzene rings is 1. The van der Waals surface area contributed by atoms with E-state index < -0.39 is 0 Å². The third-order valence-corrected chi connectivity index (χ3v) is 6.65. The molecule has 140 valence electrons. The third kappa shape index (κ3) is 3.33. The molecular weight excluding hydrogens is 356 g/mol. The Morgan fingerprint density at radius 2 is 1.81 bits per heavy atom. The molecule has 2 aliphatic heterocycles. The molecule has 2 aromatic heterocycles. The van der Waals surface area contributed by atoms with Gasteiger partial charge in [-0.3, -0.25) is 9.80 Å². The van der Waals surface area contributed by atoms with Crippen molar-refractivity contribution in [1.29, 1.82) is 0 Å². The highest BCUT2D eigenvalue weighted by molar-refractivity contribution is 7.20. The van der Waals surface area contributed by atoms with E-state index in [4.69, 9.17) is 4.74 Å². The van der Waals surface area contributed by atoms with Crippen molar-refractivity contribution in [3.63, 3.8) is 0 Å². The summed E-state index contributed by atoms with van der Waals surface area (Å²) in [6.07, 6.45) is 1.33. The van der Waals surface area contributed by atoms with Gasteiger partial charge in [-0.2, -0.15) is 4.98 Å². The van der Waals surface area contributed by atoms with E-state index in [1.807, 2.05) is 25.1 Å². The zero-order valence-corrected chi connectivity index (χ0v) is 16.6. The van der Waals surface area contributed by atoms with Crippen LogP contribution in [0.1, 0.15) is 24.6 Å². The lowest BCUT2D eigenvalue weighted by Gasteiger charge is -2.33. The van der Waals surface area contributed by atoms with Crippen molar-refractivity contribution in [1.82, 2.24) is 19.8 Å². The van der Waals surface area contributed by atoms with Crippen molar-refractivity contribution in [3.8, 4) is 10.9 Å². The number of piperazine rings is 1. The minimum Gasteiger partial charge on any atom is -0.431 e. The van der Waals surface area contributed by atoms with Crippen LogP contribution in [0.5, 0.6) is 10.9 Å². The summed E-state index contributed by atoms with van der Waals surface area (Å²) in [6.45, 7) is 8.89. The largest absolute Gasteiger partial charge is 0.431 e. The maximum absolute atomic E-state index is 5.95. The number of ether oxygens (including phenoxy) is 1. The number of hydrogen-bond donors (Lipinski definition) is 0. The van der Waals surface area contributed by atoms with Crippen LogP contribution in [0, 0.1) is 6.92 Å². The first-order valence-corrected chi connectivity index (χ1v) is 10.5. The monoisotopic (exact) mass is 380 g/mol. The average molecular weight is 381 g/mol. The molecule has 2 aliphatic rings. The van der Waals surface area contributed by atoms with Crippen molar-refractivity contribution in [2.75, 3.05) is 19.6 Å². The Morgan fingerprint density at radius 1 is 1.04 bits per heavy atom. The van der Waals surface area contributed by atoms with Gasteiger partial charge in [-0.25, -0.2) is 4.98 Å². The van der Waals surface area contributed by atoms with E-state index in [0.717, 1.165) is 40.4 Å². The van der Waals surface area contributed by atoms with Crippen LogP contribution in [0.2, 0.25) is 0 Å². The number of hydrogen-bond acceptors (Lipinski definition) is 6. The molecule has 0 N–H and O–H groups in total. The molecule has 0 spiro atoms. The molecule has 4 heterocycles. The first kappa shape index (κ1) is 17.1. The van der Waals surface area contributed by atoms with Crippen LogP contribution in [0.4, 0.5) is 0 Å². The number of likely N-dealkylation sites (N-methyl/N-ethyl adjacent to an activating group) is 1. The fourth-order valence-corrected chi connectivity index (χ4v) is 5.12. The molecule has 2 atom stereocenters. The van der Waals surface area contributed by atoms with E-state index in [2.05, 4.69) is 44.9 Å². The predicted molar refractivity (Wildman–Crippen MR) is 109 cm³/mol. The number of thiazole rings is 1. The minimum absolute atomic E-state index is 0.646. The van der Waals surface area contributed by atoms with Crippen LogP contribution in [0.3, 0.4) is 0 Å². The zero-order valence-electron chi connectivity index (χ0n) is 15.8. The van der Waals surface area contributed by atoms with E-state index in [1.54, 1.807) is 0 Å². The number of pyridine rings is 1. The number of fused-ring (bicyclic) bond motifs is 3. The summed E-state index contributed by atoms with van der Waals surface area (Å²) in [4.78, 5) is 14.2. The lowest BCUT2D eigenvalue weighted by atomic mass is 10.2. The lowest BCUT2D eigenvalue weighted by molar-refractivity contribution is 0.127. The van der Waals surface area contributed by atoms with Gasteiger partial charge in [-0.15, -0.1) is 0 Å². The maximum Gasteiger partial charge on any atom is 0.281 e. The van der Waals surface area contributed by atoms with Crippen LogP contribution in [-0.4, -0.2) is 51.5 Å². The van der Waals surface area contributed by atoms with Crippen molar-refractivity contribution in [2.45, 2.75) is 38.9 Å². The fraction of sp³-hybridized carbons (Fsp3) is 0.429. The molecule has 0 aliphatic carbocycles. The number of likely N-dealkylation sites (tertiary alicyclic amines) is 2. The van der Waals surface area contributed by atoms with Gasteiger partial charge in [0, 0.05) is 37.4 Å². The van der Waals surface area contributed by atoms with E-state index in [-0.39, 0.29) is 0 Å². The highest BCUT2D eigenvalue weighted by atomic mass is 32.1. The molecule has 2 bridgehead atoms. The smallest absolute Gasteiger partial charge is 0.281 e. The number of aromatic nitrogens is 2. The molecule has 3 aromatic rings.